The number of nitrogens with zero attached hydrogens (tertiary/aromatic N) is 1. The lowest BCUT2D eigenvalue weighted by atomic mass is 10.0. The average Bonchev–Trinajstić information content (AvgIpc) is 3.32. The largest absolute Gasteiger partial charge is 0.459 e. The Morgan fingerprint density at radius 1 is 0.902 bits per heavy atom. The molecule has 1 aromatic heterocycles. The third-order valence-corrected chi connectivity index (χ3v) is 7.12. The van der Waals surface area contributed by atoms with E-state index in [-0.39, 0.29) is 24.7 Å². The minimum absolute atomic E-state index is 0.0863. The van der Waals surface area contributed by atoms with Crippen LogP contribution in [0.5, 0.6) is 5.75 Å². The second-order valence-electron chi connectivity index (χ2n) is 10.7. The van der Waals surface area contributed by atoms with Gasteiger partial charge in [0, 0.05) is 29.9 Å². The molecule has 2 atom stereocenters. The summed E-state index contributed by atoms with van der Waals surface area (Å²) in [6.45, 7) is -0.117. The maximum absolute atomic E-state index is 13.7. The fraction of sp³-hybridized carbons (Fsp3) is 0.267. The van der Waals surface area contributed by atoms with Crippen molar-refractivity contribution in [3.63, 3.8) is 0 Å². The number of carbonyl (C=O) groups is 2. The van der Waals surface area contributed by atoms with E-state index in [9.17, 15) is 18.0 Å². The number of fused-ring (bicyclic) bond motifs is 1. The second kappa shape index (κ2) is 12.5. The zero-order chi connectivity index (χ0) is 29.6. The van der Waals surface area contributed by atoms with Crippen LogP contribution in [0.25, 0.3) is 10.9 Å². The number of hydrogen-bond acceptors (Lipinski definition) is 6. The van der Waals surface area contributed by atoms with Crippen molar-refractivity contribution in [3.8, 4) is 5.75 Å². The van der Waals surface area contributed by atoms with E-state index in [4.69, 9.17) is 9.29 Å². The van der Waals surface area contributed by atoms with E-state index >= 15 is 0 Å². The van der Waals surface area contributed by atoms with E-state index in [0.29, 0.717) is 16.5 Å². The Bertz CT molecular complexity index is 1590. The number of aromatic amines is 1. The third kappa shape index (κ3) is 8.40. The van der Waals surface area contributed by atoms with Crippen molar-refractivity contribution in [2.45, 2.75) is 31.5 Å². The number of likely N-dealkylation sites (N-methyl/N-ethyl adjacent to an activating group) is 1. The Morgan fingerprint density at radius 3 is 2.22 bits per heavy atom. The Hall–Kier alpha value is -4.19. The summed E-state index contributed by atoms with van der Waals surface area (Å²) in [4.78, 5) is 30.3. The molecule has 0 bridgehead atoms. The number of H-pyrrole nitrogens is 1. The summed E-state index contributed by atoms with van der Waals surface area (Å²) < 4.78 is 41.0. The summed E-state index contributed by atoms with van der Waals surface area (Å²) in [6.07, 6.45) is 2.53. The van der Waals surface area contributed by atoms with Gasteiger partial charge in [0.25, 0.3) is 5.91 Å². The summed E-state index contributed by atoms with van der Waals surface area (Å²) in [5, 5.41) is 3.91. The molecular formula is C30H34N3O7S+. The topological polar surface area (TPSA) is 135 Å². The molecule has 0 fully saturated rings. The number of ether oxygens (including phenoxy) is 1. The normalized spacial score (nSPS) is 13.4. The lowest BCUT2D eigenvalue weighted by Gasteiger charge is -2.34. The molecule has 0 spiro atoms. The molecule has 1 unspecified atom stereocenters. The van der Waals surface area contributed by atoms with Gasteiger partial charge in [-0.15, -0.1) is 0 Å². The van der Waals surface area contributed by atoms with Crippen molar-refractivity contribution in [2.75, 3.05) is 21.1 Å². The predicted octanol–water partition coefficient (Wildman–Crippen LogP) is 3.44. The van der Waals surface area contributed by atoms with E-state index in [2.05, 4.69) is 14.5 Å². The molecule has 0 saturated carbocycles. The van der Waals surface area contributed by atoms with Crippen LogP contribution in [0, 0.1) is 0 Å². The number of nitrogens with one attached hydrogen (secondary N) is 2. The molecule has 10 nitrogen and oxygen atoms in total. The summed E-state index contributed by atoms with van der Waals surface area (Å²) in [5.74, 6) is -0.964. The highest BCUT2D eigenvalue weighted by Gasteiger charge is 2.35. The van der Waals surface area contributed by atoms with Gasteiger partial charge < -0.3 is 23.7 Å². The third-order valence-electron chi connectivity index (χ3n) is 6.72. The van der Waals surface area contributed by atoms with Gasteiger partial charge in [-0.05, 0) is 34.9 Å². The van der Waals surface area contributed by atoms with E-state index in [1.54, 1.807) is 0 Å². The van der Waals surface area contributed by atoms with Crippen LogP contribution in [0.15, 0.2) is 85.1 Å². The number of aromatic nitrogens is 1. The van der Waals surface area contributed by atoms with Gasteiger partial charge >= 0.3 is 16.4 Å². The molecule has 1 amide bonds. The summed E-state index contributed by atoms with van der Waals surface area (Å²) in [5.41, 5.74) is 3.35. The number of carbonyl (C=O) groups excluding carboxylic acids is 2. The number of amides is 1. The van der Waals surface area contributed by atoms with Gasteiger partial charge in [0.15, 0.2) is 6.04 Å². The quantitative estimate of drug-likeness (QED) is 0.133. The number of para-hydroxylation sites is 1. The van der Waals surface area contributed by atoms with E-state index < -0.39 is 28.5 Å². The Kier molecular flexibility index (Phi) is 9.11. The molecule has 0 radical (unpaired) electrons. The summed E-state index contributed by atoms with van der Waals surface area (Å²) >= 11 is 0. The molecule has 0 aliphatic heterocycles. The number of hydrogen-bond donors (Lipinski definition) is 3. The zero-order valence-corrected chi connectivity index (χ0v) is 23.9. The Balaban J connectivity index is 1.53. The van der Waals surface area contributed by atoms with Crippen molar-refractivity contribution in [1.29, 1.82) is 0 Å². The number of quaternary nitrogens is 1. The molecule has 4 rings (SSSR count). The van der Waals surface area contributed by atoms with Crippen molar-refractivity contribution >= 4 is 33.2 Å². The summed E-state index contributed by atoms with van der Waals surface area (Å²) in [6, 6.07) is 21.7. The van der Waals surface area contributed by atoms with Crippen molar-refractivity contribution in [1.82, 2.24) is 10.3 Å². The number of benzene rings is 3. The number of esters is 1. The molecule has 0 saturated heterocycles. The van der Waals surface area contributed by atoms with Crippen LogP contribution < -0.4 is 9.50 Å². The van der Waals surface area contributed by atoms with Gasteiger partial charge in [-0.25, -0.2) is 4.79 Å². The smallest absolute Gasteiger partial charge is 0.446 e. The predicted molar refractivity (Wildman–Crippen MR) is 154 cm³/mol. The molecule has 0 aliphatic rings. The minimum Gasteiger partial charge on any atom is -0.459 e. The van der Waals surface area contributed by atoms with Crippen molar-refractivity contribution in [3.05, 3.63) is 102 Å². The van der Waals surface area contributed by atoms with Crippen LogP contribution in [0.4, 0.5) is 0 Å². The van der Waals surface area contributed by atoms with Crippen LogP contribution in [0.2, 0.25) is 0 Å². The van der Waals surface area contributed by atoms with E-state index in [1.807, 2.05) is 81.9 Å². The molecule has 4 aromatic rings. The molecular weight excluding hydrogens is 546 g/mol. The lowest BCUT2D eigenvalue weighted by Crippen LogP contribution is -2.58. The van der Waals surface area contributed by atoms with Gasteiger partial charge in [-0.1, -0.05) is 60.7 Å². The molecule has 0 aliphatic carbocycles. The first-order valence-electron chi connectivity index (χ1n) is 13.0. The molecule has 3 N–H and O–H groups in total. The highest BCUT2D eigenvalue weighted by molar-refractivity contribution is 7.81. The van der Waals surface area contributed by atoms with Crippen LogP contribution in [-0.4, -0.2) is 67.5 Å². The van der Waals surface area contributed by atoms with Gasteiger partial charge in [0.2, 0.25) is 0 Å². The van der Waals surface area contributed by atoms with Crippen molar-refractivity contribution < 1.29 is 36.0 Å². The first-order valence-corrected chi connectivity index (χ1v) is 14.4. The minimum atomic E-state index is -4.65. The second-order valence-corrected chi connectivity index (χ2v) is 11.7. The first kappa shape index (κ1) is 29.8. The Labute approximate surface area is 239 Å². The Morgan fingerprint density at radius 2 is 1.56 bits per heavy atom. The van der Waals surface area contributed by atoms with Crippen LogP contribution in [0.3, 0.4) is 0 Å². The average molecular weight is 581 g/mol. The van der Waals surface area contributed by atoms with Gasteiger partial charge in [-0.3, -0.25) is 9.35 Å². The molecule has 1 heterocycles. The fourth-order valence-corrected chi connectivity index (χ4v) is 4.91. The van der Waals surface area contributed by atoms with Crippen LogP contribution in [0.1, 0.15) is 16.7 Å². The SMILES string of the molecule is C[N+](C)(C)C(Cc1ccccc1)C(=O)N[C@@H](Cc1c[nH]c2ccccc12)C(=O)OCc1ccc(OS(=O)(=O)O)cc1. The highest BCUT2D eigenvalue weighted by Crippen LogP contribution is 2.21. The molecule has 11 heteroatoms. The van der Waals surface area contributed by atoms with Gasteiger partial charge in [0.05, 0.1) is 21.1 Å². The van der Waals surface area contributed by atoms with Crippen molar-refractivity contribution in [2.24, 2.45) is 0 Å². The molecule has 41 heavy (non-hydrogen) atoms. The van der Waals surface area contributed by atoms with Crippen LogP contribution in [-0.2, 0) is 44.2 Å². The molecule has 216 valence electrons. The zero-order valence-electron chi connectivity index (χ0n) is 23.1. The van der Waals surface area contributed by atoms with Gasteiger partial charge in [0.1, 0.15) is 18.4 Å². The number of rotatable bonds is 12. The first-order chi connectivity index (χ1) is 19.4. The maximum atomic E-state index is 13.7. The van der Waals surface area contributed by atoms with Gasteiger partial charge in [-0.2, -0.15) is 8.42 Å². The van der Waals surface area contributed by atoms with Crippen LogP contribution >= 0.6 is 0 Å². The summed E-state index contributed by atoms with van der Waals surface area (Å²) in [7, 11) is 1.17. The maximum Gasteiger partial charge on any atom is 0.446 e. The van der Waals surface area contributed by atoms with E-state index in [0.717, 1.165) is 22.0 Å². The fourth-order valence-electron chi connectivity index (χ4n) is 4.56. The van der Waals surface area contributed by atoms with E-state index in [1.165, 1.54) is 24.3 Å². The standard InChI is InChI=1S/C30H33N3O7S/c1-33(2,3)28(17-21-9-5-4-6-10-21)29(34)32-27(18-23-19-31-26-12-8-7-11-25(23)26)30(35)39-20-22-13-15-24(16-14-22)40-41(36,37)38/h4-16,19,27-28,31H,17-18,20H2,1-3H3,(H-,32,34,36,37,38)/p+1/t27-,28?/m0/s1. The highest BCUT2D eigenvalue weighted by atomic mass is 32.3. The molecule has 3 aromatic carbocycles. The lowest BCUT2D eigenvalue weighted by molar-refractivity contribution is -0.886. The monoisotopic (exact) mass is 580 g/mol.